The fourth-order valence-corrected chi connectivity index (χ4v) is 1.00. The Balaban J connectivity index is 0.00000169. The molecule has 0 radical (unpaired) electrons. The van der Waals surface area contributed by atoms with Gasteiger partial charge < -0.3 is 5.11 Å². The molecular weight excluding hydrogens is 233 g/mol. The van der Waals surface area contributed by atoms with Crippen molar-refractivity contribution in [3.8, 4) is 0 Å². The molecule has 0 heterocycles. The fraction of sp³-hybridized carbons (Fsp3) is 0. The number of nitrogens with zero attached hydrogens (tertiary/aromatic N) is 1. The third-order valence-electron chi connectivity index (χ3n) is 1.39. The molecular formula is C7H5Cl2NO4. The van der Waals surface area contributed by atoms with Gasteiger partial charge in [0, 0.05) is 11.1 Å². The van der Waals surface area contributed by atoms with Gasteiger partial charge in [-0.2, -0.15) is 0 Å². The van der Waals surface area contributed by atoms with Crippen molar-refractivity contribution < 1.29 is 14.8 Å². The topological polar surface area (TPSA) is 80.4 Å². The van der Waals surface area contributed by atoms with E-state index in [1.165, 1.54) is 6.07 Å². The van der Waals surface area contributed by atoms with Crippen LogP contribution in [0.25, 0.3) is 0 Å². The molecule has 1 N–H and O–H groups in total. The SMILES string of the molecule is Cl.O=C(O)c1ccc(Cl)cc1[N+](=O)[O-]. The zero-order valence-corrected chi connectivity index (χ0v) is 8.21. The van der Waals surface area contributed by atoms with Crippen LogP contribution in [-0.4, -0.2) is 16.0 Å². The number of hydrogen-bond acceptors (Lipinski definition) is 3. The molecule has 0 atom stereocenters. The van der Waals surface area contributed by atoms with Crippen LogP contribution in [0, 0.1) is 10.1 Å². The van der Waals surface area contributed by atoms with E-state index in [4.69, 9.17) is 16.7 Å². The molecule has 0 aromatic heterocycles. The van der Waals surface area contributed by atoms with Gasteiger partial charge in [-0.25, -0.2) is 4.79 Å². The maximum atomic E-state index is 10.5. The molecule has 5 nitrogen and oxygen atoms in total. The molecule has 7 heteroatoms. The van der Waals surface area contributed by atoms with Crippen LogP contribution in [0.1, 0.15) is 10.4 Å². The van der Waals surface area contributed by atoms with Crippen LogP contribution in [0.3, 0.4) is 0 Å². The predicted octanol–water partition coefficient (Wildman–Crippen LogP) is 2.37. The van der Waals surface area contributed by atoms with Gasteiger partial charge in [0.15, 0.2) is 0 Å². The Kier molecular flexibility index (Phi) is 4.33. The van der Waals surface area contributed by atoms with Crippen molar-refractivity contribution in [1.82, 2.24) is 0 Å². The van der Waals surface area contributed by atoms with E-state index in [1.807, 2.05) is 0 Å². The molecule has 0 spiro atoms. The van der Waals surface area contributed by atoms with Crippen LogP contribution in [0.4, 0.5) is 5.69 Å². The van der Waals surface area contributed by atoms with Crippen molar-refractivity contribution in [3.63, 3.8) is 0 Å². The highest BCUT2D eigenvalue weighted by atomic mass is 35.5. The fourth-order valence-electron chi connectivity index (χ4n) is 0.837. The zero-order valence-electron chi connectivity index (χ0n) is 6.64. The molecule has 0 aliphatic carbocycles. The summed E-state index contributed by atoms with van der Waals surface area (Å²) in [6, 6.07) is 3.39. The van der Waals surface area contributed by atoms with Crippen LogP contribution in [0.2, 0.25) is 5.02 Å². The molecule has 0 amide bonds. The summed E-state index contributed by atoms with van der Waals surface area (Å²) in [6.45, 7) is 0. The summed E-state index contributed by atoms with van der Waals surface area (Å²) in [5, 5.41) is 19.1. The minimum absolute atomic E-state index is 0. The average Bonchev–Trinajstić information content (AvgIpc) is 2.03. The summed E-state index contributed by atoms with van der Waals surface area (Å²) in [7, 11) is 0. The minimum Gasteiger partial charge on any atom is -0.477 e. The first kappa shape index (κ1) is 12.7. The number of nitro groups is 1. The normalized spacial score (nSPS) is 8.93. The van der Waals surface area contributed by atoms with E-state index in [-0.39, 0.29) is 23.0 Å². The van der Waals surface area contributed by atoms with Gasteiger partial charge in [0.05, 0.1) is 4.92 Å². The van der Waals surface area contributed by atoms with Gasteiger partial charge in [-0.05, 0) is 12.1 Å². The van der Waals surface area contributed by atoms with Crippen LogP contribution >= 0.6 is 24.0 Å². The minimum atomic E-state index is -1.34. The van der Waals surface area contributed by atoms with Crippen molar-refractivity contribution in [2.24, 2.45) is 0 Å². The van der Waals surface area contributed by atoms with Crippen LogP contribution < -0.4 is 0 Å². The Morgan fingerprint density at radius 1 is 1.50 bits per heavy atom. The number of carbonyl (C=O) groups is 1. The van der Waals surface area contributed by atoms with Crippen LogP contribution in [0.15, 0.2) is 18.2 Å². The van der Waals surface area contributed by atoms with Gasteiger partial charge >= 0.3 is 5.97 Å². The summed E-state index contributed by atoms with van der Waals surface area (Å²) in [4.78, 5) is 20.1. The second-order valence-corrected chi connectivity index (χ2v) is 2.66. The number of rotatable bonds is 2. The van der Waals surface area contributed by atoms with E-state index < -0.39 is 16.6 Å². The van der Waals surface area contributed by atoms with Gasteiger partial charge in [0.2, 0.25) is 0 Å². The quantitative estimate of drug-likeness (QED) is 0.633. The highest BCUT2D eigenvalue weighted by Crippen LogP contribution is 2.22. The van der Waals surface area contributed by atoms with E-state index in [9.17, 15) is 14.9 Å². The maximum Gasteiger partial charge on any atom is 0.342 e. The van der Waals surface area contributed by atoms with Crippen molar-refractivity contribution in [1.29, 1.82) is 0 Å². The Morgan fingerprint density at radius 3 is 2.50 bits per heavy atom. The number of halogens is 2. The van der Waals surface area contributed by atoms with Crippen LogP contribution in [0.5, 0.6) is 0 Å². The second-order valence-electron chi connectivity index (χ2n) is 2.22. The zero-order chi connectivity index (χ0) is 10.0. The molecule has 0 bridgehead atoms. The van der Waals surface area contributed by atoms with Crippen molar-refractivity contribution in [2.45, 2.75) is 0 Å². The molecule has 76 valence electrons. The van der Waals surface area contributed by atoms with Crippen molar-refractivity contribution >= 4 is 35.7 Å². The first-order chi connectivity index (χ1) is 6.02. The highest BCUT2D eigenvalue weighted by molar-refractivity contribution is 6.31. The lowest BCUT2D eigenvalue weighted by Crippen LogP contribution is -2.01. The summed E-state index contributed by atoms with van der Waals surface area (Å²) in [6.07, 6.45) is 0. The first-order valence-corrected chi connectivity index (χ1v) is 3.57. The molecule has 0 aliphatic heterocycles. The standard InChI is InChI=1S/C7H4ClNO4.ClH/c8-4-1-2-5(7(10)11)6(3-4)9(12)13;/h1-3H,(H,10,11);1H. The molecule has 1 aromatic carbocycles. The lowest BCUT2D eigenvalue weighted by Gasteiger charge is -1.97. The number of aromatic carboxylic acids is 1. The van der Waals surface area contributed by atoms with Crippen molar-refractivity contribution in [2.75, 3.05) is 0 Å². The molecule has 0 fully saturated rings. The lowest BCUT2D eigenvalue weighted by atomic mass is 10.2. The Labute approximate surface area is 89.9 Å². The van der Waals surface area contributed by atoms with Gasteiger partial charge in [0.25, 0.3) is 5.69 Å². The Hall–Kier alpha value is -1.33. The van der Waals surface area contributed by atoms with E-state index in [0.29, 0.717) is 0 Å². The Bertz CT molecular complexity index is 380. The molecule has 14 heavy (non-hydrogen) atoms. The van der Waals surface area contributed by atoms with Crippen molar-refractivity contribution in [3.05, 3.63) is 38.9 Å². The summed E-state index contributed by atoms with van der Waals surface area (Å²) in [5.41, 5.74) is -0.866. The third kappa shape index (κ3) is 2.58. The summed E-state index contributed by atoms with van der Waals surface area (Å²) >= 11 is 5.47. The number of hydrogen-bond donors (Lipinski definition) is 1. The van der Waals surface area contributed by atoms with Gasteiger partial charge in [0.1, 0.15) is 5.56 Å². The lowest BCUT2D eigenvalue weighted by molar-refractivity contribution is -0.385. The third-order valence-corrected chi connectivity index (χ3v) is 1.62. The van der Waals surface area contributed by atoms with Gasteiger partial charge in [-0.15, -0.1) is 12.4 Å². The number of benzene rings is 1. The maximum absolute atomic E-state index is 10.5. The molecule has 1 aromatic rings. The van der Waals surface area contributed by atoms with Gasteiger partial charge in [-0.3, -0.25) is 10.1 Å². The summed E-state index contributed by atoms with van der Waals surface area (Å²) < 4.78 is 0. The number of nitro benzene ring substituents is 1. The molecule has 0 saturated heterocycles. The molecule has 0 aliphatic rings. The van der Waals surface area contributed by atoms with Crippen LogP contribution in [-0.2, 0) is 0 Å². The van der Waals surface area contributed by atoms with E-state index >= 15 is 0 Å². The monoisotopic (exact) mass is 237 g/mol. The molecule has 0 unspecified atom stereocenters. The molecule has 1 rings (SSSR count). The largest absolute Gasteiger partial charge is 0.477 e. The number of carboxylic acid groups (broad SMARTS) is 1. The predicted molar refractivity (Wildman–Crippen MR) is 52.3 cm³/mol. The highest BCUT2D eigenvalue weighted by Gasteiger charge is 2.19. The molecule has 0 saturated carbocycles. The van der Waals surface area contributed by atoms with Gasteiger partial charge in [-0.1, -0.05) is 11.6 Å². The smallest absolute Gasteiger partial charge is 0.342 e. The summed E-state index contributed by atoms with van der Waals surface area (Å²) in [5.74, 6) is -1.34. The van der Waals surface area contributed by atoms with E-state index in [0.717, 1.165) is 12.1 Å². The second kappa shape index (κ2) is 4.78. The number of carboxylic acids is 1. The Morgan fingerprint density at radius 2 is 2.07 bits per heavy atom. The van der Waals surface area contributed by atoms with E-state index in [2.05, 4.69) is 0 Å². The van der Waals surface area contributed by atoms with E-state index in [1.54, 1.807) is 0 Å². The first-order valence-electron chi connectivity index (χ1n) is 3.19. The average molecular weight is 238 g/mol.